The molecule has 0 aromatic carbocycles. The van der Waals surface area contributed by atoms with Crippen LogP contribution in [-0.2, 0) is 9.63 Å². The molecule has 0 bridgehead atoms. The number of oxime groups is 1. The zero-order valence-corrected chi connectivity index (χ0v) is 19.4. The molecule has 1 aliphatic rings. The maximum absolute atomic E-state index is 12.9. The molecule has 0 radical (unpaired) electrons. The first kappa shape index (κ1) is 25.7. The van der Waals surface area contributed by atoms with E-state index in [9.17, 15) is 9.59 Å². The Bertz CT molecular complexity index is 883. The quantitative estimate of drug-likeness (QED) is 0.187. The van der Waals surface area contributed by atoms with Crippen LogP contribution in [-0.4, -0.2) is 53.4 Å². The number of aliphatic hydroxyl groups is 1. The summed E-state index contributed by atoms with van der Waals surface area (Å²) in [6.45, 7) is 8.16. The van der Waals surface area contributed by atoms with Crippen LogP contribution in [0.5, 0.6) is 5.75 Å². The van der Waals surface area contributed by atoms with Gasteiger partial charge in [0.2, 0.25) is 5.91 Å². The van der Waals surface area contributed by atoms with Gasteiger partial charge >= 0.3 is 5.63 Å². The lowest BCUT2D eigenvalue weighted by atomic mass is 10.1. The SMILES string of the molecule is C=CCOc1cc([C@@H](CCC)NC(=O)C2CSC(/C(C)=N/OCCCCO)=N2)oc(=O)c1. The lowest BCUT2D eigenvalue weighted by Crippen LogP contribution is -2.37. The number of thioether (sulfide) groups is 1. The number of ether oxygens (including phenoxy) is 1. The normalized spacial score (nSPS) is 16.9. The Hall–Kier alpha value is -2.59. The van der Waals surface area contributed by atoms with Gasteiger partial charge in [-0.2, -0.15) is 0 Å². The Kier molecular flexibility index (Phi) is 11.0. The number of nitrogens with one attached hydrogen (secondary N) is 1. The van der Waals surface area contributed by atoms with Gasteiger partial charge in [0.05, 0.1) is 12.1 Å². The summed E-state index contributed by atoms with van der Waals surface area (Å²) in [6, 6.07) is 1.84. The molecule has 1 aromatic rings. The Balaban J connectivity index is 2.04. The first-order chi connectivity index (χ1) is 15.5. The number of rotatable bonds is 14. The van der Waals surface area contributed by atoms with Crippen LogP contribution in [0.4, 0.5) is 0 Å². The summed E-state index contributed by atoms with van der Waals surface area (Å²) in [6.07, 6.45) is 4.33. The summed E-state index contributed by atoms with van der Waals surface area (Å²) in [4.78, 5) is 34.5. The molecule has 2 heterocycles. The molecule has 0 spiro atoms. The van der Waals surface area contributed by atoms with E-state index in [2.05, 4.69) is 22.0 Å². The largest absolute Gasteiger partial charge is 0.489 e. The van der Waals surface area contributed by atoms with Crippen LogP contribution in [0.1, 0.15) is 51.3 Å². The maximum atomic E-state index is 12.9. The van der Waals surface area contributed by atoms with E-state index in [1.165, 1.54) is 17.8 Å². The smallest absolute Gasteiger partial charge is 0.339 e. The summed E-state index contributed by atoms with van der Waals surface area (Å²) in [5.74, 6) is 0.955. The third kappa shape index (κ3) is 8.16. The predicted octanol–water partition coefficient (Wildman–Crippen LogP) is 2.84. The molecule has 32 heavy (non-hydrogen) atoms. The van der Waals surface area contributed by atoms with E-state index in [0.717, 1.165) is 6.42 Å². The highest BCUT2D eigenvalue weighted by atomic mass is 32.2. The second-order valence-corrected chi connectivity index (χ2v) is 8.17. The predicted molar refractivity (Wildman–Crippen MR) is 126 cm³/mol. The Morgan fingerprint density at radius 2 is 2.31 bits per heavy atom. The van der Waals surface area contributed by atoms with Crippen LogP contribution < -0.4 is 15.7 Å². The van der Waals surface area contributed by atoms with Gasteiger partial charge in [0, 0.05) is 18.4 Å². The minimum atomic E-state index is -0.569. The number of amides is 1. The van der Waals surface area contributed by atoms with Crippen molar-refractivity contribution >= 4 is 28.4 Å². The highest BCUT2D eigenvalue weighted by Gasteiger charge is 2.29. The number of aliphatic hydroxyl groups excluding tert-OH is 1. The number of carbonyl (C=O) groups is 1. The van der Waals surface area contributed by atoms with E-state index < -0.39 is 17.7 Å². The topological polar surface area (TPSA) is 123 Å². The molecular formula is C22H31N3O6S. The molecule has 1 amide bonds. The standard InChI is InChI=1S/C22H31N3O6S/c1-4-8-17(19-12-16(29-10-5-2)13-20(27)31-19)23-21(28)18-14-32-22(24-18)15(3)25-30-11-7-6-9-26/h5,12-13,17-18,26H,2,4,6-11,14H2,1,3H3,(H,23,28)/b25-15+/t17-,18?/m1/s1. The third-order valence-electron chi connectivity index (χ3n) is 4.48. The second-order valence-electron chi connectivity index (χ2n) is 7.17. The van der Waals surface area contributed by atoms with Crippen molar-refractivity contribution in [3.8, 4) is 5.75 Å². The second kappa shape index (κ2) is 13.7. The van der Waals surface area contributed by atoms with Gasteiger partial charge in [-0.3, -0.25) is 9.79 Å². The number of nitrogens with zero attached hydrogens (tertiary/aromatic N) is 2. The van der Waals surface area contributed by atoms with Gasteiger partial charge in [-0.25, -0.2) is 4.79 Å². The molecule has 1 unspecified atom stereocenters. The first-order valence-corrected chi connectivity index (χ1v) is 11.6. The van der Waals surface area contributed by atoms with Crippen molar-refractivity contribution in [1.29, 1.82) is 0 Å². The van der Waals surface area contributed by atoms with Crippen molar-refractivity contribution in [3.05, 3.63) is 41.0 Å². The van der Waals surface area contributed by atoms with Crippen LogP contribution in [0.2, 0.25) is 0 Å². The molecule has 176 valence electrons. The fourth-order valence-electron chi connectivity index (χ4n) is 2.89. The Labute approximate surface area is 192 Å². The number of hydrogen-bond acceptors (Lipinski definition) is 9. The van der Waals surface area contributed by atoms with Gasteiger partial charge < -0.3 is 24.4 Å². The molecule has 1 aromatic heterocycles. The van der Waals surface area contributed by atoms with Crippen molar-refractivity contribution in [1.82, 2.24) is 5.32 Å². The van der Waals surface area contributed by atoms with Crippen LogP contribution in [0.15, 0.2) is 44.1 Å². The Morgan fingerprint density at radius 1 is 1.50 bits per heavy atom. The van der Waals surface area contributed by atoms with E-state index in [4.69, 9.17) is 19.1 Å². The molecule has 2 rings (SSSR count). The molecule has 2 atom stereocenters. The van der Waals surface area contributed by atoms with Gasteiger partial charge in [-0.15, -0.1) is 11.8 Å². The van der Waals surface area contributed by atoms with Gasteiger partial charge in [0.25, 0.3) is 0 Å². The fraction of sp³-hybridized carbons (Fsp3) is 0.545. The van der Waals surface area contributed by atoms with E-state index >= 15 is 0 Å². The summed E-state index contributed by atoms with van der Waals surface area (Å²) < 4.78 is 10.8. The van der Waals surface area contributed by atoms with Crippen molar-refractivity contribution in [2.24, 2.45) is 10.1 Å². The Morgan fingerprint density at radius 3 is 3.03 bits per heavy atom. The summed E-state index contributed by atoms with van der Waals surface area (Å²) in [7, 11) is 0. The molecule has 9 nitrogen and oxygen atoms in total. The highest BCUT2D eigenvalue weighted by molar-refractivity contribution is 8.16. The van der Waals surface area contributed by atoms with Crippen LogP contribution >= 0.6 is 11.8 Å². The summed E-state index contributed by atoms with van der Waals surface area (Å²) in [5.41, 5.74) is 0.0666. The van der Waals surface area contributed by atoms with E-state index in [1.54, 1.807) is 19.1 Å². The molecule has 10 heteroatoms. The maximum Gasteiger partial charge on any atom is 0.339 e. The van der Waals surface area contributed by atoms with Crippen LogP contribution in [0, 0.1) is 0 Å². The minimum Gasteiger partial charge on any atom is -0.489 e. The number of unbranched alkanes of at least 4 members (excludes halogenated alkanes) is 1. The monoisotopic (exact) mass is 465 g/mol. The van der Waals surface area contributed by atoms with Crippen molar-refractivity contribution < 1.29 is 23.9 Å². The van der Waals surface area contributed by atoms with Crippen molar-refractivity contribution in [2.45, 2.75) is 51.6 Å². The average Bonchev–Trinajstić information content (AvgIpc) is 3.27. The zero-order valence-electron chi connectivity index (χ0n) is 18.5. The minimum absolute atomic E-state index is 0.125. The van der Waals surface area contributed by atoms with Gasteiger partial charge in [-0.05, 0) is 26.2 Å². The fourth-order valence-corrected chi connectivity index (χ4v) is 3.88. The van der Waals surface area contributed by atoms with Gasteiger partial charge in [0.15, 0.2) is 0 Å². The third-order valence-corrected chi connectivity index (χ3v) is 5.63. The van der Waals surface area contributed by atoms with Crippen LogP contribution in [0.25, 0.3) is 0 Å². The molecular weight excluding hydrogens is 434 g/mol. The lowest BCUT2D eigenvalue weighted by Gasteiger charge is -2.19. The van der Waals surface area contributed by atoms with Crippen molar-refractivity contribution in [3.63, 3.8) is 0 Å². The van der Waals surface area contributed by atoms with Crippen molar-refractivity contribution in [2.75, 3.05) is 25.6 Å². The number of carbonyl (C=O) groups excluding carboxylic acids is 1. The molecule has 0 saturated heterocycles. The molecule has 0 fully saturated rings. The number of aliphatic imine (C=N–C) groups is 1. The summed E-state index contributed by atoms with van der Waals surface area (Å²) in [5, 5.41) is 16.4. The molecule has 2 N–H and O–H groups in total. The molecule has 0 saturated carbocycles. The van der Waals surface area contributed by atoms with E-state index in [1.807, 2.05) is 6.92 Å². The first-order valence-electron chi connectivity index (χ1n) is 10.7. The molecule has 0 aliphatic carbocycles. The van der Waals surface area contributed by atoms with Crippen LogP contribution in [0.3, 0.4) is 0 Å². The number of hydrogen-bond donors (Lipinski definition) is 2. The van der Waals surface area contributed by atoms with E-state index in [-0.39, 0.29) is 19.1 Å². The molecule has 1 aliphatic heterocycles. The van der Waals surface area contributed by atoms with Gasteiger partial charge in [-0.1, -0.05) is 31.2 Å². The zero-order chi connectivity index (χ0) is 23.3. The average molecular weight is 466 g/mol. The highest BCUT2D eigenvalue weighted by Crippen LogP contribution is 2.24. The van der Waals surface area contributed by atoms with Gasteiger partial charge in [0.1, 0.15) is 41.5 Å². The van der Waals surface area contributed by atoms with E-state index in [0.29, 0.717) is 53.9 Å². The lowest BCUT2D eigenvalue weighted by molar-refractivity contribution is -0.122. The summed E-state index contributed by atoms with van der Waals surface area (Å²) >= 11 is 1.44.